The van der Waals surface area contributed by atoms with Gasteiger partial charge in [-0.25, -0.2) is 9.37 Å². The molecule has 0 saturated carbocycles. The number of halogens is 1. The SMILES string of the molecule is Nc1cc(F)ccc1C(=O)Nc1nc2ccccc2s1. The molecule has 100 valence electrons. The largest absolute Gasteiger partial charge is 0.398 e. The molecule has 0 bridgehead atoms. The Labute approximate surface area is 118 Å². The van der Waals surface area contributed by atoms with Gasteiger partial charge >= 0.3 is 0 Å². The molecule has 0 unspecified atom stereocenters. The van der Waals surface area contributed by atoms with E-state index in [0.717, 1.165) is 16.3 Å². The molecule has 1 aromatic heterocycles. The summed E-state index contributed by atoms with van der Waals surface area (Å²) in [5.41, 5.74) is 6.78. The second-order valence-corrected chi connectivity index (χ2v) is 5.20. The number of aromatic nitrogens is 1. The summed E-state index contributed by atoms with van der Waals surface area (Å²) in [7, 11) is 0. The molecule has 2 aromatic carbocycles. The maximum Gasteiger partial charge on any atom is 0.259 e. The van der Waals surface area contributed by atoms with E-state index < -0.39 is 11.7 Å². The third-order valence-corrected chi connectivity index (χ3v) is 3.72. The number of nitrogens with zero attached hydrogens (tertiary/aromatic N) is 1. The minimum absolute atomic E-state index is 0.101. The van der Waals surface area contributed by atoms with Crippen LogP contribution in [0.1, 0.15) is 10.4 Å². The highest BCUT2D eigenvalue weighted by Crippen LogP contribution is 2.26. The number of thiazole rings is 1. The highest BCUT2D eigenvalue weighted by Gasteiger charge is 2.12. The van der Waals surface area contributed by atoms with Crippen LogP contribution in [0.3, 0.4) is 0 Å². The molecule has 3 aromatic rings. The monoisotopic (exact) mass is 287 g/mol. The first-order valence-corrected chi connectivity index (χ1v) is 6.67. The Morgan fingerprint density at radius 2 is 2.05 bits per heavy atom. The van der Waals surface area contributed by atoms with Gasteiger partial charge in [0.05, 0.1) is 15.8 Å². The lowest BCUT2D eigenvalue weighted by Gasteiger charge is -2.04. The van der Waals surface area contributed by atoms with Crippen LogP contribution < -0.4 is 11.1 Å². The number of rotatable bonds is 2. The molecule has 0 atom stereocenters. The van der Waals surface area contributed by atoms with E-state index in [4.69, 9.17) is 5.73 Å². The average molecular weight is 287 g/mol. The van der Waals surface area contributed by atoms with Gasteiger partial charge in [0.2, 0.25) is 0 Å². The number of benzene rings is 2. The van der Waals surface area contributed by atoms with Gasteiger partial charge in [-0.3, -0.25) is 10.1 Å². The molecule has 20 heavy (non-hydrogen) atoms. The zero-order valence-corrected chi connectivity index (χ0v) is 11.1. The third kappa shape index (κ3) is 2.33. The summed E-state index contributed by atoms with van der Waals surface area (Å²) in [6, 6.07) is 11.3. The van der Waals surface area contributed by atoms with Crippen LogP contribution in [0.2, 0.25) is 0 Å². The summed E-state index contributed by atoms with van der Waals surface area (Å²) in [6.07, 6.45) is 0. The number of nitrogens with one attached hydrogen (secondary N) is 1. The fourth-order valence-electron chi connectivity index (χ4n) is 1.83. The first-order valence-electron chi connectivity index (χ1n) is 5.85. The van der Waals surface area contributed by atoms with E-state index >= 15 is 0 Å². The highest BCUT2D eigenvalue weighted by atomic mass is 32.1. The Kier molecular flexibility index (Phi) is 3.08. The van der Waals surface area contributed by atoms with Crippen molar-refractivity contribution >= 4 is 38.3 Å². The van der Waals surface area contributed by atoms with Gasteiger partial charge in [0.1, 0.15) is 5.82 Å². The Hall–Kier alpha value is -2.47. The lowest BCUT2D eigenvalue weighted by atomic mass is 10.1. The topological polar surface area (TPSA) is 68.0 Å². The molecule has 3 rings (SSSR count). The Bertz CT molecular complexity index is 767. The van der Waals surface area contributed by atoms with E-state index in [2.05, 4.69) is 10.3 Å². The van der Waals surface area contributed by atoms with Crippen molar-refractivity contribution in [2.24, 2.45) is 0 Å². The maximum absolute atomic E-state index is 13.0. The molecule has 0 aliphatic rings. The predicted octanol–water partition coefficient (Wildman–Crippen LogP) is 3.27. The highest BCUT2D eigenvalue weighted by molar-refractivity contribution is 7.22. The van der Waals surface area contributed by atoms with Crippen molar-refractivity contribution in [3.05, 3.63) is 53.8 Å². The first-order chi connectivity index (χ1) is 9.63. The molecule has 0 aliphatic carbocycles. The third-order valence-electron chi connectivity index (χ3n) is 2.77. The van der Waals surface area contributed by atoms with Gasteiger partial charge < -0.3 is 5.73 Å². The Morgan fingerprint density at radius 3 is 2.80 bits per heavy atom. The molecule has 6 heteroatoms. The minimum atomic E-state index is -0.473. The van der Waals surface area contributed by atoms with Crippen molar-refractivity contribution in [1.82, 2.24) is 4.98 Å². The van der Waals surface area contributed by atoms with Crippen LogP contribution >= 0.6 is 11.3 Å². The lowest BCUT2D eigenvalue weighted by molar-refractivity contribution is 0.102. The number of anilines is 2. The van der Waals surface area contributed by atoms with Crippen molar-refractivity contribution < 1.29 is 9.18 Å². The number of carbonyl (C=O) groups is 1. The van der Waals surface area contributed by atoms with Crippen molar-refractivity contribution in [3.63, 3.8) is 0 Å². The average Bonchev–Trinajstić information content (AvgIpc) is 2.80. The fourth-order valence-corrected chi connectivity index (χ4v) is 2.69. The van der Waals surface area contributed by atoms with Crippen LogP contribution in [0.15, 0.2) is 42.5 Å². The normalized spacial score (nSPS) is 10.7. The van der Waals surface area contributed by atoms with Crippen molar-refractivity contribution in [1.29, 1.82) is 0 Å². The predicted molar refractivity (Wildman–Crippen MR) is 78.4 cm³/mol. The molecule has 0 radical (unpaired) electrons. The number of fused-ring (bicyclic) bond motifs is 1. The van der Waals surface area contributed by atoms with Gasteiger partial charge in [0, 0.05) is 5.69 Å². The summed E-state index contributed by atoms with van der Waals surface area (Å²) in [5, 5.41) is 3.16. The summed E-state index contributed by atoms with van der Waals surface area (Å²) < 4.78 is 13.9. The van der Waals surface area contributed by atoms with Gasteiger partial charge in [0.15, 0.2) is 5.13 Å². The van der Waals surface area contributed by atoms with Crippen LogP contribution in [0.4, 0.5) is 15.2 Å². The van der Waals surface area contributed by atoms with Gasteiger partial charge in [-0.2, -0.15) is 0 Å². The number of para-hydroxylation sites is 1. The van der Waals surface area contributed by atoms with Gasteiger partial charge in [-0.1, -0.05) is 23.5 Å². The molecule has 0 fully saturated rings. The molecule has 0 aliphatic heterocycles. The van der Waals surface area contributed by atoms with Gasteiger partial charge in [-0.15, -0.1) is 0 Å². The van der Waals surface area contributed by atoms with Crippen molar-refractivity contribution in [2.75, 3.05) is 11.1 Å². The summed E-state index contributed by atoms with van der Waals surface area (Å²) >= 11 is 1.37. The lowest BCUT2D eigenvalue weighted by Crippen LogP contribution is -2.13. The first kappa shape index (κ1) is 12.6. The molecular weight excluding hydrogens is 277 g/mol. The van der Waals surface area contributed by atoms with Crippen LogP contribution in [0, 0.1) is 5.82 Å². The Morgan fingerprint density at radius 1 is 1.25 bits per heavy atom. The standard InChI is InChI=1S/C14H10FN3OS/c15-8-5-6-9(10(16)7-8)13(19)18-14-17-11-3-1-2-4-12(11)20-14/h1-7H,16H2,(H,17,18,19). The maximum atomic E-state index is 13.0. The Balaban J connectivity index is 1.88. The van der Waals surface area contributed by atoms with E-state index in [1.165, 1.54) is 23.5 Å². The smallest absolute Gasteiger partial charge is 0.259 e. The van der Waals surface area contributed by atoms with E-state index in [9.17, 15) is 9.18 Å². The summed E-state index contributed by atoms with van der Waals surface area (Å²) in [6.45, 7) is 0. The van der Waals surface area contributed by atoms with Crippen molar-refractivity contribution in [2.45, 2.75) is 0 Å². The van der Waals surface area contributed by atoms with E-state index in [1.54, 1.807) is 0 Å². The second-order valence-electron chi connectivity index (χ2n) is 4.17. The number of hydrogen-bond acceptors (Lipinski definition) is 4. The number of nitrogens with two attached hydrogens (primary N) is 1. The minimum Gasteiger partial charge on any atom is -0.398 e. The fraction of sp³-hybridized carbons (Fsp3) is 0. The molecule has 0 saturated heterocycles. The number of hydrogen-bond donors (Lipinski definition) is 2. The number of carbonyl (C=O) groups excluding carboxylic acids is 1. The molecule has 1 amide bonds. The van der Waals surface area contributed by atoms with E-state index in [1.807, 2.05) is 24.3 Å². The molecule has 1 heterocycles. The van der Waals surface area contributed by atoms with Crippen LogP contribution in [-0.2, 0) is 0 Å². The zero-order valence-electron chi connectivity index (χ0n) is 10.3. The summed E-state index contributed by atoms with van der Waals surface area (Å²) in [4.78, 5) is 16.4. The van der Waals surface area contributed by atoms with Gasteiger partial charge in [-0.05, 0) is 30.3 Å². The molecule has 4 nitrogen and oxygen atoms in total. The zero-order chi connectivity index (χ0) is 14.1. The van der Waals surface area contributed by atoms with E-state index in [0.29, 0.717) is 5.13 Å². The van der Waals surface area contributed by atoms with Gasteiger partial charge in [0.25, 0.3) is 5.91 Å². The molecule has 0 spiro atoms. The number of nitrogen functional groups attached to an aromatic ring is 1. The summed E-state index contributed by atoms with van der Waals surface area (Å²) in [5.74, 6) is -0.874. The van der Waals surface area contributed by atoms with Crippen LogP contribution in [0.5, 0.6) is 0 Å². The molecular formula is C14H10FN3OS. The quantitative estimate of drug-likeness (QED) is 0.711. The second kappa shape index (κ2) is 4.90. The van der Waals surface area contributed by atoms with Crippen LogP contribution in [0.25, 0.3) is 10.2 Å². The van der Waals surface area contributed by atoms with E-state index in [-0.39, 0.29) is 11.3 Å². The number of amides is 1. The molecule has 3 N–H and O–H groups in total. The van der Waals surface area contributed by atoms with Crippen LogP contribution in [-0.4, -0.2) is 10.9 Å². The van der Waals surface area contributed by atoms with Crippen molar-refractivity contribution in [3.8, 4) is 0 Å².